The summed E-state index contributed by atoms with van der Waals surface area (Å²) in [4.78, 5) is 18.2. The number of benzene rings is 2. The average molecular weight is 366 g/mol. The number of aliphatic imine (C=N–C) groups is 1. The van der Waals surface area contributed by atoms with Crippen LogP contribution >= 0.6 is 23.4 Å². The van der Waals surface area contributed by atoms with E-state index in [1.165, 1.54) is 11.8 Å². The molecule has 4 nitrogen and oxygen atoms in total. The second kappa shape index (κ2) is 6.35. The molecule has 0 fully saturated rings. The number of carbonyl (C=O) groups is 1. The standard InChI is InChI=1S/C19H12ClN3OS/c20-14-8-6-12(7-9-14)10-15-17(21)23-16(13-4-2-1-3-5-13)11-25-19(23)22-18(15)24/h1-11,21H/b15-10-,21-17?. The quantitative estimate of drug-likeness (QED) is 0.788. The van der Waals surface area contributed by atoms with Gasteiger partial charge in [0.25, 0.3) is 5.91 Å². The van der Waals surface area contributed by atoms with Gasteiger partial charge >= 0.3 is 0 Å². The fourth-order valence-corrected chi connectivity index (χ4v) is 3.66. The fourth-order valence-electron chi connectivity index (χ4n) is 2.64. The van der Waals surface area contributed by atoms with Gasteiger partial charge in [-0.3, -0.25) is 15.1 Å². The Balaban J connectivity index is 1.74. The molecule has 0 bridgehead atoms. The lowest BCUT2D eigenvalue weighted by atomic mass is 10.1. The van der Waals surface area contributed by atoms with Gasteiger partial charge in [-0.1, -0.05) is 65.8 Å². The van der Waals surface area contributed by atoms with Crippen molar-refractivity contribution in [2.45, 2.75) is 0 Å². The Morgan fingerprint density at radius 1 is 1.08 bits per heavy atom. The van der Waals surface area contributed by atoms with Crippen LogP contribution in [-0.4, -0.2) is 21.8 Å². The van der Waals surface area contributed by atoms with E-state index in [4.69, 9.17) is 17.0 Å². The van der Waals surface area contributed by atoms with Crippen LogP contribution in [0, 0.1) is 5.41 Å². The van der Waals surface area contributed by atoms with Crippen LogP contribution < -0.4 is 0 Å². The molecule has 4 rings (SSSR count). The van der Waals surface area contributed by atoms with Crippen molar-refractivity contribution < 1.29 is 4.79 Å². The molecule has 0 saturated carbocycles. The highest BCUT2D eigenvalue weighted by atomic mass is 35.5. The van der Waals surface area contributed by atoms with E-state index < -0.39 is 5.91 Å². The maximum atomic E-state index is 12.4. The number of amides is 1. The maximum Gasteiger partial charge on any atom is 0.283 e. The maximum absolute atomic E-state index is 12.4. The van der Waals surface area contributed by atoms with Crippen molar-refractivity contribution in [3.63, 3.8) is 0 Å². The number of thioether (sulfide) groups is 1. The number of halogens is 1. The highest BCUT2D eigenvalue weighted by Gasteiger charge is 2.36. The molecule has 2 heterocycles. The number of nitrogens with zero attached hydrogens (tertiary/aromatic N) is 2. The van der Waals surface area contributed by atoms with Crippen molar-refractivity contribution in [3.05, 3.63) is 81.7 Å². The van der Waals surface area contributed by atoms with E-state index in [0.717, 1.165) is 16.8 Å². The zero-order chi connectivity index (χ0) is 17.4. The van der Waals surface area contributed by atoms with E-state index in [2.05, 4.69) is 4.99 Å². The molecule has 0 unspecified atom stereocenters. The molecule has 0 aliphatic carbocycles. The first-order valence-corrected chi connectivity index (χ1v) is 8.81. The van der Waals surface area contributed by atoms with Crippen LogP contribution in [0.2, 0.25) is 5.02 Å². The fraction of sp³-hybridized carbons (Fsp3) is 0. The molecule has 0 aromatic heterocycles. The molecular weight excluding hydrogens is 354 g/mol. The molecular formula is C19H12ClN3OS. The van der Waals surface area contributed by atoms with Gasteiger partial charge in [-0.25, -0.2) is 0 Å². The van der Waals surface area contributed by atoms with Crippen molar-refractivity contribution in [1.82, 2.24) is 4.90 Å². The lowest BCUT2D eigenvalue weighted by Gasteiger charge is -2.26. The predicted molar refractivity (Wildman–Crippen MR) is 103 cm³/mol. The van der Waals surface area contributed by atoms with Gasteiger partial charge in [-0.05, 0) is 29.3 Å². The van der Waals surface area contributed by atoms with Crippen molar-refractivity contribution in [2.24, 2.45) is 4.99 Å². The van der Waals surface area contributed by atoms with E-state index in [9.17, 15) is 4.79 Å². The second-order valence-electron chi connectivity index (χ2n) is 5.48. The third-order valence-electron chi connectivity index (χ3n) is 3.87. The van der Waals surface area contributed by atoms with Crippen LogP contribution in [0.5, 0.6) is 0 Å². The first kappa shape index (κ1) is 15.9. The lowest BCUT2D eigenvalue weighted by molar-refractivity contribution is -0.114. The Hall–Kier alpha value is -2.63. The van der Waals surface area contributed by atoms with Gasteiger partial charge in [0.15, 0.2) is 5.17 Å². The number of rotatable bonds is 2. The number of amidine groups is 2. The Morgan fingerprint density at radius 2 is 1.80 bits per heavy atom. The number of nitrogens with one attached hydrogen (secondary N) is 1. The lowest BCUT2D eigenvalue weighted by Crippen LogP contribution is -2.37. The summed E-state index contributed by atoms with van der Waals surface area (Å²) in [5, 5.41) is 11.6. The summed E-state index contributed by atoms with van der Waals surface area (Å²) in [6.45, 7) is 0. The van der Waals surface area contributed by atoms with Gasteiger partial charge in [-0.15, -0.1) is 0 Å². The van der Waals surface area contributed by atoms with E-state index in [0.29, 0.717) is 10.2 Å². The first-order valence-electron chi connectivity index (χ1n) is 7.55. The average Bonchev–Trinajstić information content (AvgIpc) is 3.05. The normalized spacial score (nSPS) is 18.3. The molecule has 0 spiro atoms. The SMILES string of the molecule is N=C1/C(=C/c2ccc(Cl)cc2)C(=O)N=C2SC=C(c3ccccc3)N12. The van der Waals surface area contributed by atoms with Crippen molar-refractivity contribution >= 4 is 52.0 Å². The van der Waals surface area contributed by atoms with Crippen LogP contribution in [0.15, 0.2) is 70.6 Å². The summed E-state index contributed by atoms with van der Waals surface area (Å²) in [6, 6.07) is 16.9. The van der Waals surface area contributed by atoms with Crippen molar-refractivity contribution in [3.8, 4) is 0 Å². The molecule has 0 saturated heterocycles. The number of hydrogen-bond donors (Lipinski definition) is 1. The van der Waals surface area contributed by atoms with E-state index >= 15 is 0 Å². The van der Waals surface area contributed by atoms with Gasteiger partial charge < -0.3 is 0 Å². The van der Waals surface area contributed by atoms with Crippen LogP contribution in [0.4, 0.5) is 0 Å². The summed E-state index contributed by atoms with van der Waals surface area (Å²) in [7, 11) is 0. The van der Waals surface area contributed by atoms with Crippen LogP contribution in [-0.2, 0) is 4.79 Å². The molecule has 6 heteroatoms. The molecule has 25 heavy (non-hydrogen) atoms. The third-order valence-corrected chi connectivity index (χ3v) is 4.94. The van der Waals surface area contributed by atoms with E-state index in [1.807, 2.05) is 47.9 Å². The van der Waals surface area contributed by atoms with Gasteiger partial charge in [0.2, 0.25) is 0 Å². The Kier molecular flexibility index (Phi) is 4.03. The topological polar surface area (TPSA) is 56.5 Å². The van der Waals surface area contributed by atoms with Gasteiger partial charge in [-0.2, -0.15) is 4.99 Å². The molecule has 2 aliphatic heterocycles. The Morgan fingerprint density at radius 3 is 2.52 bits per heavy atom. The third kappa shape index (κ3) is 2.92. The van der Waals surface area contributed by atoms with E-state index in [1.54, 1.807) is 23.1 Å². The molecule has 0 radical (unpaired) electrons. The first-order chi connectivity index (χ1) is 12.1. The summed E-state index contributed by atoms with van der Waals surface area (Å²) >= 11 is 7.26. The molecule has 2 aliphatic rings. The van der Waals surface area contributed by atoms with E-state index in [-0.39, 0.29) is 11.4 Å². The van der Waals surface area contributed by atoms with Crippen LogP contribution in [0.1, 0.15) is 11.1 Å². The van der Waals surface area contributed by atoms with Gasteiger partial charge in [0.1, 0.15) is 5.84 Å². The van der Waals surface area contributed by atoms with Crippen LogP contribution in [0.3, 0.4) is 0 Å². The molecule has 122 valence electrons. The number of hydrogen-bond acceptors (Lipinski definition) is 3. The second-order valence-corrected chi connectivity index (χ2v) is 6.75. The highest BCUT2D eigenvalue weighted by molar-refractivity contribution is 8.17. The van der Waals surface area contributed by atoms with Crippen molar-refractivity contribution in [1.29, 1.82) is 5.41 Å². The minimum atomic E-state index is -0.401. The van der Waals surface area contributed by atoms with Gasteiger partial charge in [0.05, 0.1) is 11.3 Å². The predicted octanol–water partition coefficient (Wildman–Crippen LogP) is 4.64. The minimum Gasteiger partial charge on any atom is -0.283 e. The number of carbonyl (C=O) groups excluding carboxylic acids is 1. The van der Waals surface area contributed by atoms with Crippen LogP contribution in [0.25, 0.3) is 11.8 Å². The summed E-state index contributed by atoms with van der Waals surface area (Å²) in [6.07, 6.45) is 1.67. The largest absolute Gasteiger partial charge is 0.283 e. The van der Waals surface area contributed by atoms with Crippen molar-refractivity contribution in [2.75, 3.05) is 0 Å². The molecule has 2 aromatic rings. The molecule has 1 amide bonds. The summed E-state index contributed by atoms with van der Waals surface area (Å²) < 4.78 is 0. The summed E-state index contributed by atoms with van der Waals surface area (Å²) in [5.41, 5.74) is 2.89. The monoisotopic (exact) mass is 365 g/mol. The number of fused-ring (bicyclic) bond motifs is 1. The minimum absolute atomic E-state index is 0.130. The zero-order valence-corrected chi connectivity index (χ0v) is 14.5. The highest BCUT2D eigenvalue weighted by Crippen LogP contribution is 2.37. The summed E-state index contributed by atoms with van der Waals surface area (Å²) in [5.74, 6) is -0.272. The Labute approximate surface area is 154 Å². The molecule has 0 atom stereocenters. The Bertz CT molecular complexity index is 962. The molecule has 1 N–H and O–H groups in total. The zero-order valence-electron chi connectivity index (χ0n) is 12.9. The van der Waals surface area contributed by atoms with Gasteiger partial charge in [0, 0.05) is 10.4 Å². The molecule has 2 aromatic carbocycles. The smallest absolute Gasteiger partial charge is 0.283 e.